The molecule has 9 nitrogen and oxygen atoms in total. The number of amides is 3. The predicted molar refractivity (Wildman–Crippen MR) is 203 cm³/mol. The molecule has 2 bridgehead atoms. The quantitative estimate of drug-likeness (QED) is 0.169. The van der Waals surface area contributed by atoms with Crippen molar-refractivity contribution in [1.29, 1.82) is 0 Å². The summed E-state index contributed by atoms with van der Waals surface area (Å²) in [5, 5.41) is 10.3. The number of alkyl halides is 1. The summed E-state index contributed by atoms with van der Waals surface area (Å²) < 4.78 is 4.76. The van der Waals surface area contributed by atoms with E-state index in [-0.39, 0.29) is 47.5 Å². The van der Waals surface area contributed by atoms with Crippen molar-refractivity contribution in [2.45, 2.75) is 67.4 Å². The summed E-state index contributed by atoms with van der Waals surface area (Å²) in [5.41, 5.74) is 2.45. The smallest absolute Gasteiger partial charge is 0.251 e. The van der Waals surface area contributed by atoms with Crippen LogP contribution in [0.15, 0.2) is 73.8 Å². The number of aliphatic hydroxyl groups is 1. The number of fused-ring (bicyclic) bond motifs is 1. The first-order chi connectivity index (χ1) is 23.7. The van der Waals surface area contributed by atoms with Crippen molar-refractivity contribution in [3.8, 4) is 5.75 Å². The molecule has 3 heterocycles. The highest BCUT2D eigenvalue weighted by Crippen LogP contribution is 2.68. The molecule has 2 aromatic carbocycles. The van der Waals surface area contributed by atoms with Crippen molar-refractivity contribution in [3.05, 3.63) is 73.8 Å². The number of likely N-dealkylation sites (tertiary alicyclic amines) is 1. The number of carbonyl (C=O) groups is 3. The molecule has 0 aromatic heterocycles. The first-order valence-corrected chi connectivity index (χ1v) is 19.1. The Morgan fingerprint density at radius 3 is 2.04 bits per heavy atom. The molecule has 0 saturated carbocycles. The van der Waals surface area contributed by atoms with Gasteiger partial charge in [-0.15, -0.1) is 24.9 Å². The number of rotatable bonds is 16. The molecular weight excluding hydrogens is 704 g/mol. The number of carbonyl (C=O) groups excluding carboxylic acids is 3. The number of benzene rings is 2. The molecule has 49 heavy (non-hydrogen) atoms. The molecule has 3 saturated heterocycles. The van der Waals surface area contributed by atoms with E-state index in [4.69, 9.17) is 4.74 Å². The fourth-order valence-electron chi connectivity index (χ4n) is 7.99. The predicted octanol–water partition coefficient (Wildman–Crippen LogP) is 5.91. The maximum Gasteiger partial charge on any atom is 0.251 e. The first-order valence-electron chi connectivity index (χ1n) is 17.3. The van der Waals surface area contributed by atoms with Crippen LogP contribution in [-0.4, -0.2) is 94.0 Å². The van der Waals surface area contributed by atoms with Gasteiger partial charge in [-0.2, -0.15) is 0 Å². The summed E-state index contributed by atoms with van der Waals surface area (Å²) in [6, 6.07) is 13.8. The molecular formula is C38H49BrN4O5S. The zero-order valence-corrected chi connectivity index (χ0v) is 31.4. The topological polar surface area (TPSA) is 93.6 Å². The standard InChI is InChI=1S/C38H49BrN4O5S/c1-7-21-41(28-17-19-29(20-18-28)48-12-6)35(45)31-32-36(46)43(25(9-3)24-44)34(38(32)23-30(39)33(31)49-38)37(47)42(22-8-2)27-15-13-26(14-16-27)40(10-4)11-5/h7-8,13-20,25,30-34,44H,1-2,9-12,21-24H2,3-6H3/t25-,30?,31+,32-,33+,34?,38?/m0/s1. The first kappa shape index (κ1) is 37.0. The number of ether oxygens (including phenoxy) is 1. The van der Waals surface area contributed by atoms with Crippen LogP contribution in [0.1, 0.15) is 40.5 Å². The molecule has 11 heteroatoms. The van der Waals surface area contributed by atoms with Gasteiger partial charge >= 0.3 is 0 Å². The number of thioether (sulfide) groups is 1. The highest BCUT2D eigenvalue weighted by atomic mass is 79.9. The van der Waals surface area contributed by atoms with Gasteiger partial charge in [0.15, 0.2) is 0 Å². The van der Waals surface area contributed by atoms with Crippen LogP contribution in [0.3, 0.4) is 0 Å². The lowest BCUT2D eigenvalue weighted by Gasteiger charge is -2.40. The van der Waals surface area contributed by atoms with E-state index < -0.39 is 28.7 Å². The Morgan fingerprint density at radius 1 is 0.980 bits per heavy atom. The van der Waals surface area contributed by atoms with Crippen molar-refractivity contribution in [2.24, 2.45) is 11.8 Å². The zero-order chi connectivity index (χ0) is 35.5. The third-order valence-electron chi connectivity index (χ3n) is 10.2. The molecule has 7 atom stereocenters. The summed E-state index contributed by atoms with van der Waals surface area (Å²) in [4.78, 5) is 51.7. The Balaban J connectivity index is 1.57. The van der Waals surface area contributed by atoms with E-state index in [1.807, 2.05) is 62.4 Å². The Kier molecular flexibility index (Phi) is 11.9. The number of nitrogens with zero attached hydrogens (tertiary/aromatic N) is 4. The number of halogens is 1. The number of hydrogen-bond donors (Lipinski definition) is 1. The summed E-state index contributed by atoms with van der Waals surface area (Å²) in [5.74, 6) is -1.35. The van der Waals surface area contributed by atoms with E-state index in [1.165, 1.54) is 0 Å². The number of aliphatic hydroxyl groups excluding tert-OH is 1. The molecule has 1 spiro atoms. The normalized spacial score (nSPS) is 25.9. The second-order valence-corrected chi connectivity index (χ2v) is 15.5. The maximum absolute atomic E-state index is 15.1. The van der Waals surface area contributed by atoms with Crippen LogP contribution in [0.2, 0.25) is 0 Å². The van der Waals surface area contributed by atoms with Gasteiger partial charge in [0.1, 0.15) is 11.8 Å². The van der Waals surface area contributed by atoms with Crippen molar-refractivity contribution < 1.29 is 24.2 Å². The lowest BCUT2D eigenvalue weighted by molar-refractivity contribution is -0.141. The van der Waals surface area contributed by atoms with Gasteiger partial charge in [-0.05, 0) is 82.1 Å². The van der Waals surface area contributed by atoms with Crippen LogP contribution in [0.4, 0.5) is 17.1 Å². The third kappa shape index (κ3) is 6.54. The second kappa shape index (κ2) is 15.7. The third-order valence-corrected chi connectivity index (χ3v) is 13.4. The second-order valence-electron chi connectivity index (χ2n) is 12.7. The average molecular weight is 754 g/mol. The highest BCUT2D eigenvalue weighted by molar-refractivity contribution is 9.09. The molecule has 1 N–H and O–H groups in total. The van der Waals surface area contributed by atoms with Gasteiger partial charge in [-0.3, -0.25) is 14.4 Å². The molecule has 3 fully saturated rings. The molecule has 5 rings (SSSR count). The molecule has 0 radical (unpaired) electrons. The summed E-state index contributed by atoms with van der Waals surface area (Å²) in [6.45, 7) is 18.4. The Bertz CT molecular complexity index is 1510. The van der Waals surface area contributed by atoms with Gasteiger partial charge in [0, 0.05) is 53.3 Å². The van der Waals surface area contributed by atoms with Crippen molar-refractivity contribution >= 4 is 62.5 Å². The van der Waals surface area contributed by atoms with Crippen molar-refractivity contribution in [3.63, 3.8) is 0 Å². The zero-order valence-electron chi connectivity index (χ0n) is 29.0. The van der Waals surface area contributed by atoms with Crippen LogP contribution in [-0.2, 0) is 14.4 Å². The molecule has 0 aliphatic carbocycles. The maximum atomic E-state index is 15.1. The SMILES string of the molecule is C=CCN(C(=O)C1N([C@@H](CC)CO)C(=O)[C@@H]2[C@@H](C(=O)N(CC=C)c3ccc(OCC)cc3)[C@@H]3SC12CC3Br)c1ccc(N(CC)CC)cc1. The van der Waals surface area contributed by atoms with Crippen LogP contribution < -0.4 is 19.4 Å². The lowest BCUT2D eigenvalue weighted by atomic mass is 9.70. The summed E-state index contributed by atoms with van der Waals surface area (Å²) in [7, 11) is 0. The highest BCUT2D eigenvalue weighted by Gasteiger charge is 2.76. The lowest BCUT2D eigenvalue weighted by Crippen LogP contribution is -2.58. The molecule has 3 unspecified atom stereocenters. The Morgan fingerprint density at radius 2 is 1.53 bits per heavy atom. The number of hydrogen-bond acceptors (Lipinski definition) is 7. The monoisotopic (exact) mass is 752 g/mol. The van der Waals surface area contributed by atoms with E-state index in [9.17, 15) is 14.7 Å². The number of anilines is 3. The van der Waals surface area contributed by atoms with E-state index in [1.54, 1.807) is 38.6 Å². The Labute approximate surface area is 303 Å². The average Bonchev–Trinajstić information content (AvgIpc) is 3.71. The fourth-order valence-corrected chi connectivity index (χ4v) is 11.6. The van der Waals surface area contributed by atoms with Crippen LogP contribution in [0.5, 0.6) is 5.75 Å². The summed E-state index contributed by atoms with van der Waals surface area (Å²) >= 11 is 5.48. The van der Waals surface area contributed by atoms with E-state index >= 15 is 4.79 Å². The van der Waals surface area contributed by atoms with Gasteiger partial charge in [-0.25, -0.2) is 0 Å². The minimum absolute atomic E-state index is 0.0907. The van der Waals surface area contributed by atoms with Crippen LogP contribution >= 0.6 is 27.7 Å². The minimum Gasteiger partial charge on any atom is -0.494 e. The van der Waals surface area contributed by atoms with Gasteiger partial charge < -0.3 is 29.4 Å². The largest absolute Gasteiger partial charge is 0.494 e. The summed E-state index contributed by atoms with van der Waals surface area (Å²) in [6.07, 6.45) is 4.39. The van der Waals surface area contributed by atoms with E-state index in [2.05, 4.69) is 47.8 Å². The molecule has 3 aliphatic rings. The molecule has 3 amide bonds. The van der Waals surface area contributed by atoms with E-state index in [0.29, 0.717) is 36.6 Å². The van der Waals surface area contributed by atoms with Gasteiger partial charge in [0.05, 0.1) is 35.8 Å². The van der Waals surface area contributed by atoms with E-state index in [0.717, 1.165) is 18.8 Å². The van der Waals surface area contributed by atoms with Crippen LogP contribution in [0.25, 0.3) is 0 Å². The Hall–Kier alpha value is -3.28. The van der Waals surface area contributed by atoms with Gasteiger partial charge in [-0.1, -0.05) is 35.0 Å². The van der Waals surface area contributed by atoms with Gasteiger partial charge in [0.2, 0.25) is 11.8 Å². The van der Waals surface area contributed by atoms with Gasteiger partial charge in [0.25, 0.3) is 5.91 Å². The molecule has 2 aromatic rings. The molecule has 264 valence electrons. The van der Waals surface area contributed by atoms with Crippen molar-refractivity contribution in [1.82, 2.24) is 4.90 Å². The van der Waals surface area contributed by atoms with Crippen LogP contribution in [0, 0.1) is 11.8 Å². The molecule has 3 aliphatic heterocycles. The van der Waals surface area contributed by atoms with Crippen molar-refractivity contribution in [2.75, 3.05) is 54.1 Å². The minimum atomic E-state index is -0.879. The fraction of sp³-hybridized carbons (Fsp3) is 0.500.